The van der Waals surface area contributed by atoms with Gasteiger partial charge in [0.15, 0.2) is 6.10 Å². The fourth-order valence-corrected chi connectivity index (χ4v) is 4.81. The quantitative estimate of drug-likeness (QED) is 0.629. The highest BCUT2D eigenvalue weighted by Crippen LogP contribution is 2.36. The third-order valence-corrected chi connectivity index (χ3v) is 6.85. The van der Waals surface area contributed by atoms with Crippen LogP contribution in [0.3, 0.4) is 0 Å². The summed E-state index contributed by atoms with van der Waals surface area (Å²) >= 11 is 5.89. The maximum atomic E-state index is 13.3. The lowest BCUT2D eigenvalue weighted by Gasteiger charge is -2.34. The molecule has 1 N–H and O–H groups in total. The number of hydrogen-bond donors (Lipinski definition) is 1. The van der Waals surface area contributed by atoms with E-state index in [1.54, 1.807) is 36.4 Å². The van der Waals surface area contributed by atoms with Gasteiger partial charge in [0.1, 0.15) is 11.6 Å². The maximum Gasteiger partial charge on any atom is 0.264 e. The van der Waals surface area contributed by atoms with E-state index in [-0.39, 0.29) is 29.6 Å². The summed E-state index contributed by atoms with van der Waals surface area (Å²) in [5, 5.41) is 3.13. The number of hydrogen-bond acceptors (Lipinski definition) is 4. The van der Waals surface area contributed by atoms with Crippen LogP contribution in [0.5, 0.6) is 5.75 Å². The highest BCUT2D eigenvalue weighted by Gasteiger charge is 2.37. The number of amides is 1. The van der Waals surface area contributed by atoms with E-state index < -0.39 is 22.0 Å². The largest absolute Gasteiger partial charge is 0.476 e. The number of rotatable bonds is 5. The summed E-state index contributed by atoms with van der Waals surface area (Å²) in [5.74, 6) is -0.561. The van der Waals surface area contributed by atoms with Gasteiger partial charge >= 0.3 is 0 Å². The molecule has 1 unspecified atom stereocenters. The smallest absolute Gasteiger partial charge is 0.264 e. The number of ether oxygens (including phenoxy) is 1. The molecule has 1 amide bonds. The van der Waals surface area contributed by atoms with Gasteiger partial charge in [-0.3, -0.25) is 9.10 Å². The van der Waals surface area contributed by atoms with Gasteiger partial charge in [-0.1, -0.05) is 35.9 Å². The molecule has 0 aromatic heterocycles. The first kappa shape index (κ1) is 21.1. The molecule has 6 nitrogen and oxygen atoms in total. The molecule has 1 aliphatic rings. The van der Waals surface area contributed by atoms with Crippen LogP contribution in [0.4, 0.5) is 10.1 Å². The van der Waals surface area contributed by atoms with Gasteiger partial charge in [-0.2, -0.15) is 0 Å². The first-order valence-corrected chi connectivity index (χ1v) is 11.2. The molecule has 1 heterocycles. The van der Waals surface area contributed by atoms with Crippen molar-refractivity contribution in [1.82, 2.24) is 5.32 Å². The highest BCUT2D eigenvalue weighted by atomic mass is 35.5. The summed E-state index contributed by atoms with van der Waals surface area (Å²) < 4.78 is 46.6. The molecule has 160 valence electrons. The third-order valence-electron chi connectivity index (χ3n) is 4.81. The van der Waals surface area contributed by atoms with Gasteiger partial charge in [-0.05, 0) is 54.1 Å². The van der Waals surface area contributed by atoms with Crippen LogP contribution in [0.2, 0.25) is 5.02 Å². The van der Waals surface area contributed by atoms with E-state index in [1.165, 1.54) is 36.4 Å². The SMILES string of the molecule is O=C(NCc1ccc(F)cc1)C1CN(S(=O)(=O)c2ccc(Cl)cc2)c2ccccc2O1. The number of fused-ring (bicyclic) bond motifs is 1. The van der Waals surface area contributed by atoms with Gasteiger partial charge < -0.3 is 10.1 Å². The molecule has 3 aromatic rings. The van der Waals surface area contributed by atoms with E-state index in [2.05, 4.69) is 5.32 Å². The number of benzene rings is 3. The highest BCUT2D eigenvalue weighted by molar-refractivity contribution is 7.92. The molecule has 3 aromatic carbocycles. The number of carbonyl (C=O) groups excluding carboxylic acids is 1. The van der Waals surface area contributed by atoms with E-state index in [0.29, 0.717) is 16.3 Å². The van der Waals surface area contributed by atoms with Gasteiger partial charge in [0, 0.05) is 11.6 Å². The van der Waals surface area contributed by atoms with E-state index in [1.807, 2.05) is 0 Å². The molecule has 0 bridgehead atoms. The Bertz CT molecular complexity index is 1200. The minimum Gasteiger partial charge on any atom is -0.476 e. The molecule has 0 radical (unpaired) electrons. The topological polar surface area (TPSA) is 75.7 Å². The minimum absolute atomic E-state index is 0.0547. The van der Waals surface area contributed by atoms with Crippen LogP contribution >= 0.6 is 11.6 Å². The molecule has 4 rings (SSSR count). The van der Waals surface area contributed by atoms with Crippen molar-refractivity contribution < 1.29 is 22.3 Å². The Morgan fingerprint density at radius 2 is 1.74 bits per heavy atom. The van der Waals surface area contributed by atoms with Crippen molar-refractivity contribution in [1.29, 1.82) is 0 Å². The fourth-order valence-electron chi connectivity index (χ4n) is 3.21. The van der Waals surface area contributed by atoms with Gasteiger partial charge in [-0.25, -0.2) is 12.8 Å². The molecule has 0 saturated carbocycles. The summed E-state index contributed by atoms with van der Waals surface area (Å²) in [4.78, 5) is 12.8. The first-order chi connectivity index (χ1) is 14.8. The number of anilines is 1. The number of nitrogens with one attached hydrogen (secondary N) is 1. The zero-order valence-electron chi connectivity index (χ0n) is 16.2. The zero-order chi connectivity index (χ0) is 22.0. The second-order valence-corrected chi connectivity index (χ2v) is 9.21. The van der Waals surface area contributed by atoms with Crippen LogP contribution in [-0.4, -0.2) is 27.0 Å². The number of carbonyl (C=O) groups is 1. The van der Waals surface area contributed by atoms with Crippen LogP contribution < -0.4 is 14.4 Å². The third kappa shape index (κ3) is 4.50. The monoisotopic (exact) mass is 460 g/mol. The van der Waals surface area contributed by atoms with Gasteiger partial charge in [0.2, 0.25) is 0 Å². The summed E-state index contributed by atoms with van der Waals surface area (Å²) in [6.07, 6.45) is -1.06. The van der Waals surface area contributed by atoms with E-state index in [4.69, 9.17) is 16.3 Å². The van der Waals surface area contributed by atoms with Crippen molar-refractivity contribution in [3.8, 4) is 5.75 Å². The Hall–Kier alpha value is -3.10. The molecule has 1 atom stereocenters. The predicted molar refractivity (Wildman–Crippen MR) is 115 cm³/mol. The van der Waals surface area contributed by atoms with E-state index in [9.17, 15) is 17.6 Å². The lowest BCUT2D eigenvalue weighted by atomic mass is 10.2. The molecule has 0 fully saturated rings. The van der Waals surface area contributed by atoms with Crippen LogP contribution in [0.25, 0.3) is 0 Å². The standard InChI is InChI=1S/C22H18ClFN2O4S/c23-16-7-11-18(12-8-16)31(28,29)26-14-21(30-20-4-2-1-3-19(20)26)22(27)25-13-15-5-9-17(24)10-6-15/h1-12,21H,13-14H2,(H,25,27). The van der Waals surface area contributed by atoms with Crippen molar-refractivity contribution in [2.75, 3.05) is 10.8 Å². The first-order valence-electron chi connectivity index (χ1n) is 9.41. The molecular weight excluding hydrogens is 443 g/mol. The Labute approximate surface area is 184 Å². The molecule has 0 spiro atoms. The Kier molecular flexibility index (Phi) is 5.84. The number of sulfonamides is 1. The van der Waals surface area contributed by atoms with Crippen molar-refractivity contribution in [3.05, 3.63) is 89.2 Å². The predicted octanol–water partition coefficient (Wildman–Crippen LogP) is 3.75. The normalized spacial score (nSPS) is 15.7. The molecule has 0 saturated heterocycles. The summed E-state index contributed by atoms with van der Waals surface area (Å²) in [6, 6.07) is 18.2. The Balaban J connectivity index is 1.58. The van der Waals surface area contributed by atoms with Gasteiger partial charge in [0.25, 0.3) is 15.9 Å². The van der Waals surface area contributed by atoms with Crippen molar-refractivity contribution in [3.63, 3.8) is 0 Å². The average molecular weight is 461 g/mol. The maximum absolute atomic E-state index is 13.3. The summed E-state index contributed by atoms with van der Waals surface area (Å²) in [5.41, 5.74) is 1.05. The molecular formula is C22H18ClFN2O4S. The zero-order valence-corrected chi connectivity index (χ0v) is 17.7. The van der Waals surface area contributed by atoms with Gasteiger partial charge in [-0.15, -0.1) is 0 Å². The molecule has 9 heteroatoms. The summed E-state index contributed by atoms with van der Waals surface area (Å²) in [7, 11) is -3.96. The van der Waals surface area contributed by atoms with Crippen molar-refractivity contribution in [2.24, 2.45) is 0 Å². The second-order valence-electron chi connectivity index (χ2n) is 6.91. The van der Waals surface area contributed by atoms with E-state index in [0.717, 1.165) is 4.31 Å². The van der Waals surface area contributed by atoms with Crippen LogP contribution in [0.1, 0.15) is 5.56 Å². The van der Waals surface area contributed by atoms with Crippen molar-refractivity contribution in [2.45, 2.75) is 17.5 Å². The average Bonchev–Trinajstić information content (AvgIpc) is 2.78. The summed E-state index contributed by atoms with van der Waals surface area (Å²) in [6.45, 7) is -0.0399. The van der Waals surface area contributed by atoms with Crippen LogP contribution in [-0.2, 0) is 21.4 Å². The minimum atomic E-state index is -3.96. The number of para-hydroxylation sites is 2. The van der Waals surface area contributed by atoms with Crippen molar-refractivity contribution >= 4 is 33.2 Å². The van der Waals surface area contributed by atoms with Crippen LogP contribution in [0.15, 0.2) is 77.7 Å². The van der Waals surface area contributed by atoms with Gasteiger partial charge in [0.05, 0.1) is 17.1 Å². The Morgan fingerprint density at radius 1 is 1.06 bits per heavy atom. The lowest BCUT2D eigenvalue weighted by Crippen LogP contribution is -2.50. The number of nitrogens with zero attached hydrogens (tertiary/aromatic N) is 1. The number of halogens is 2. The molecule has 31 heavy (non-hydrogen) atoms. The lowest BCUT2D eigenvalue weighted by molar-refractivity contribution is -0.127. The molecule has 0 aliphatic carbocycles. The molecule has 1 aliphatic heterocycles. The second kappa shape index (κ2) is 8.56. The van der Waals surface area contributed by atoms with Crippen LogP contribution in [0, 0.1) is 5.82 Å². The fraction of sp³-hybridized carbons (Fsp3) is 0.136. The Morgan fingerprint density at radius 3 is 2.45 bits per heavy atom. The van der Waals surface area contributed by atoms with E-state index >= 15 is 0 Å².